The molecule has 1 aromatic heterocycles. The lowest BCUT2D eigenvalue weighted by Gasteiger charge is -2.35. The van der Waals surface area contributed by atoms with Crippen LogP contribution in [-0.2, 0) is 9.59 Å². The standard InChI is InChI=1S/C23H29N5O4/c1-4-26(15-18-10-13-27(14-11-18)20-7-5-6-12-24-20)23(30)22(29)25-21-16(2)8-9-19(17(21)3)28(31)32/h5-9,12,18H,4,10-11,13-15H2,1-3H3,(H,25,29). The summed E-state index contributed by atoms with van der Waals surface area (Å²) in [4.78, 5) is 44.4. The zero-order valence-electron chi connectivity index (χ0n) is 18.7. The van der Waals surface area contributed by atoms with Crippen molar-refractivity contribution in [1.29, 1.82) is 0 Å². The minimum atomic E-state index is -0.774. The van der Waals surface area contributed by atoms with Crippen molar-refractivity contribution < 1.29 is 14.5 Å². The van der Waals surface area contributed by atoms with Crippen LogP contribution in [0.3, 0.4) is 0 Å². The molecule has 32 heavy (non-hydrogen) atoms. The maximum Gasteiger partial charge on any atom is 0.313 e. The van der Waals surface area contributed by atoms with Crippen molar-refractivity contribution in [1.82, 2.24) is 9.88 Å². The van der Waals surface area contributed by atoms with E-state index in [1.165, 1.54) is 6.07 Å². The summed E-state index contributed by atoms with van der Waals surface area (Å²) in [5.41, 5.74) is 1.22. The van der Waals surface area contributed by atoms with E-state index >= 15 is 0 Å². The third-order valence-electron chi connectivity index (χ3n) is 6.01. The lowest BCUT2D eigenvalue weighted by atomic mass is 9.96. The lowest BCUT2D eigenvalue weighted by molar-refractivity contribution is -0.385. The molecule has 2 aromatic rings. The van der Waals surface area contributed by atoms with Crippen molar-refractivity contribution in [2.24, 2.45) is 5.92 Å². The zero-order chi connectivity index (χ0) is 23.3. The number of aromatic nitrogens is 1. The Kier molecular flexibility index (Phi) is 7.40. The number of nitrogens with zero attached hydrogens (tertiary/aromatic N) is 4. The fraction of sp³-hybridized carbons (Fsp3) is 0.435. The third-order valence-corrected chi connectivity index (χ3v) is 6.01. The van der Waals surface area contributed by atoms with Gasteiger partial charge in [-0.05, 0) is 57.2 Å². The number of likely N-dealkylation sites (N-methyl/N-ethyl adjacent to an activating group) is 1. The van der Waals surface area contributed by atoms with Crippen LogP contribution in [-0.4, -0.2) is 52.8 Å². The molecule has 3 rings (SSSR count). The van der Waals surface area contributed by atoms with E-state index in [1.54, 1.807) is 31.0 Å². The fourth-order valence-electron chi connectivity index (χ4n) is 4.09. The SMILES string of the molecule is CCN(CC1CCN(c2ccccn2)CC1)C(=O)C(=O)Nc1c(C)ccc([N+](=O)[O-])c1C. The number of hydrogen-bond acceptors (Lipinski definition) is 6. The van der Waals surface area contributed by atoms with Crippen LogP contribution in [0.5, 0.6) is 0 Å². The number of benzene rings is 1. The molecule has 0 atom stereocenters. The fourth-order valence-corrected chi connectivity index (χ4v) is 4.09. The van der Waals surface area contributed by atoms with Gasteiger partial charge in [0.25, 0.3) is 5.69 Å². The van der Waals surface area contributed by atoms with Crippen molar-refractivity contribution >= 4 is 29.0 Å². The van der Waals surface area contributed by atoms with Crippen LogP contribution in [0.15, 0.2) is 36.5 Å². The van der Waals surface area contributed by atoms with E-state index in [1.807, 2.05) is 25.1 Å². The molecule has 2 heterocycles. The van der Waals surface area contributed by atoms with Crippen molar-refractivity contribution in [2.75, 3.05) is 36.4 Å². The third kappa shape index (κ3) is 5.22. The van der Waals surface area contributed by atoms with Gasteiger partial charge in [-0.2, -0.15) is 0 Å². The summed E-state index contributed by atoms with van der Waals surface area (Å²) in [6.07, 6.45) is 3.60. The van der Waals surface area contributed by atoms with Crippen LogP contribution in [0.4, 0.5) is 17.2 Å². The highest BCUT2D eigenvalue weighted by Crippen LogP contribution is 2.29. The summed E-state index contributed by atoms with van der Waals surface area (Å²) in [5, 5.41) is 13.8. The van der Waals surface area contributed by atoms with Crippen LogP contribution in [0.25, 0.3) is 0 Å². The molecule has 170 valence electrons. The molecule has 1 fully saturated rings. The maximum atomic E-state index is 12.8. The zero-order valence-corrected chi connectivity index (χ0v) is 18.7. The van der Waals surface area contributed by atoms with E-state index < -0.39 is 16.7 Å². The Morgan fingerprint density at radius 1 is 1.22 bits per heavy atom. The van der Waals surface area contributed by atoms with Gasteiger partial charge in [0, 0.05) is 38.4 Å². The average Bonchev–Trinajstić information content (AvgIpc) is 2.80. The Hall–Kier alpha value is -3.49. The molecular weight excluding hydrogens is 410 g/mol. The first-order valence-corrected chi connectivity index (χ1v) is 10.8. The molecular formula is C23H29N5O4. The predicted molar refractivity (Wildman–Crippen MR) is 123 cm³/mol. The highest BCUT2D eigenvalue weighted by Gasteiger charge is 2.28. The van der Waals surface area contributed by atoms with Crippen LogP contribution in [0, 0.1) is 29.9 Å². The molecule has 0 spiro atoms. The Balaban J connectivity index is 1.61. The normalized spacial score (nSPS) is 14.2. The molecule has 2 amide bonds. The van der Waals surface area contributed by atoms with E-state index in [0.29, 0.717) is 35.8 Å². The Bertz CT molecular complexity index is 987. The molecule has 1 saturated heterocycles. The molecule has 1 aliphatic heterocycles. The second kappa shape index (κ2) is 10.2. The lowest BCUT2D eigenvalue weighted by Crippen LogP contribution is -2.44. The minimum Gasteiger partial charge on any atom is -0.357 e. The van der Waals surface area contributed by atoms with Gasteiger partial charge in [-0.1, -0.05) is 12.1 Å². The van der Waals surface area contributed by atoms with E-state index in [4.69, 9.17) is 0 Å². The minimum absolute atomic E-state index is 0.0923. The number of carbonyl (C=O) groups excluding carboxylic acids is 2. The average molecular weight is 440 g/mol. The van der Waals surface area contributed by atoms with Crippen LogP contribution in [0.1, 0.15) is 30.9 Å². The molecule has 1 aliphatic rings. The number of hydrogen-bond donors (Lipinski definition) is 1. The van der Waals surface area contributed by atoms with Gasteiger partial charge in [-0.3, -0.25) is 19.7 Å². The van der Waals surface area contributed by atoms with E-state index in [9.17, 15) is 19.7 Å². The van der Waals surface area contributed by atoms with Gasteiger partial charge in [0.15, 0.2) is 0 Å². The van der Waals surface area contributed by atoms with Gasteiger partial charge in [-0.25, -0.2) is 4.98 Å². The number of pyridine rings is 1. The number of aryl methyl sites for hydroxylation is 1. The number of amides is 2. The molecule has 0 saturated carbocycles. The largest absolute Gasteiger partial charge is 0.357 e. The molecule has 1 aromatic carbocycles. The second-order valence-corrected chi connectivity index (χ2v) is 8.07. The molecule has 0 radical (unpaired) electrons. The molecule has 1 N–H and O–H groups in total. The van der Waals surface area contributed by atoms with Gasteiger partial charge in [-0.15, -0.1) is 0 Å². The van der Waals surface area contributed by atoms with Crippen LogP contribution in [0.2, 0.25) is 0 Å². The predicted octanol–water partition coefficient (Wildman–Crippen LogP) is 3.31. The maximum absolute atomic E-state index is 12.8. The quantitative estimate of drug-likeness (QED) is 0.420. The van der Waals surface area contributed by atoms with Gasteiger partial charge in [0.05, 0.1) is 16.2 Å². The van der Waals surface area contributed by atoms with E-state index in [-0.39, 0.29) is 5.69 Å². The topological polar surface area (TPSA) is 109 Å². The van der Waals surface area contributed by atoms with Crippen molar-refractivity contribution in [3.8, 4) is 0 Å². The summed E-state index contributed by atoms with van der Waals surface area (Å²) in [7, 11) is 0. The number of anilines is 2. The molecule has 9 heteroatoms. The highest BCUT2D eigenvalue weighted by atomic mass is 16.6. The smallest absolute Gasteiger partial charge is 0.313 e. The first-order chi connectivity index (χ1) is 15.3. The number of rotatable bonds is 6. The summed E-state index contributed by atoms with van der Waals surface area (Å²) in [5.74, 6) is -0.140. The molecule has 0 unspecified atom stereocenters. The second-order valence-electron chi connectivity index (χ2n) is 8.07. The number of carbonyl (C=O) groups is 2. The Morgan fingerprint density at radius 2 is 1.94 bits per heavy atom. The summed E-state index contributed by atoms with van der Waals surface area (Å²) in [6, 6.07) is 8.82. The monoisotopic (exact) mass is 439 g/mol. The van der Waals surface area contributed by atoms with E-state index in [0.717, 1.165) is 31.7 Å². The first kappa shape index (κ1) is 23.2. The van der Waals surface area contributed by atoms with Crippen molar-refractivity contribution in [3.05, 3.63) is 57.8 Å². The summed E-state index contributed by atoms with van der Waals surface area (Å²) in [6.45, 7) is 7.78. The van der Waals surface area contributed by atoms with Crippen LogP contribution < -0.4 is 10.2 Å². The van der Waals surface area contributed by atoms with Crippen LogP contribution >= 0.6 is 0 Å². The number of nitrogens with one attached hydrogen (secondary N) is 1. The number of piperidine rings is 1. The molecule has 9 nitrogen and oxygen atoms in total. The Labute approximate surface area is 187 Å². The number of nitro groups is 1. The molecule has 0 aliphatic carbocycles. The molecule has 0 bridgehead atoms. The Morgan fingerprint density at radius 3 is 2.53 bits per heavy atom. The van der Waals surface area contributed by atoms with Gasteiger partial charge < -0.3 is 15.1 Å². The summed E-state index contributed by atoms with van der Waals surface area (Å²) < 4.78 is 0. The van der Waals surface area contributed by atoms with E-state index in [2.05, 4.69) is 15.2 Å². The van der Waals surface area contributed by atoms with Gasteiger partial charge >= 0.3 is 11.8 Å². The van der Waals surface area contributed by atoms with Crippen molar-refractivity contribution in [3.63, 3.8) is 0 Å². The first-order valence-electron chi connectivity index (χ1n) is 10.8. The van der Waals surface area contributed by atoms with Gasteiger partial charge in [0.1, 0.15) is 5.82 Å². The summed E-state index contributed by atoms with van der Waals surface area (Å²) >= 11 is 0. The van der Waals surface area contributed by atoms with Crippen molar-refractivity contribution in [2.45, 2.75) is 33.6 Å². The number of nitro benzene ring substituents is 1. The highest BCUT2D eigenvalue weighted by molar-refractivity contribution is 6.39. The van der Waals surface area contributed by atoms with Gasteiger partial charge in [0.2, 0.25) is 0 Å².